The second-order valence-electron chi connectivity index (χ2n) is 12.8. The summed E-state index contributed by atoms with van der Waals surface area (Å²) in [5, 5.41) is 0. The van der Waals surface area contributed by atoms with Gasteiger partial charge in [-0.3, -0.25) is 9.59 Å². The molecule has 6 nitrogen and oxygen atoms in total. The molecular formula is C36H71NO5. The highest BCUT2D eigenvalue weighted by molar-refractivity contribution is 5.70. The minimum absolute atomic E-state index is 0.107. The third-order valence-corrected chi connectivity index (χ3v) is 8.35. The van der Waals surface area contributed by atoms with E-state index in [4.69, 9.17) is 14.2 Å². The standard InChI is InChI=1S/C36H71NO5/c1-7-10-12-13-14-15-16-17-18-19-20-22-28-40-29-24-30-41-36(39)31-32(4)33(25-21-11-8-2)34(9-3)42-35(38)26-23-27-37(5)6/h32-34H,7-31H2,1-6H3/t32?,33?,34-/m1/s1. The fourth-order valence-electron chi connectivity index (χ4n) is 5.68. The Bertz CT molecular complexity index is 612. The average molecular weight is 598 g/mol. The largest absolute Gasteiger partial charge is 0.466 e. The van der Waals surface area contributed by atoms with E-state index in [0.29, 0.717) is 26.1 Å². The van der Waals surface area contributed by atoms with Crippen molar-refractivity contribution in [2.45, 2.75) is 169 Å². The van der Waals surface area contributed by atoms with E-state index in [1.165, 1.54) is 70.6 Å². The minimum atomic E-state index is -0.156. The Morgan fingerprint density at radius 3 is 1.76 bits per heavy atom. The van der Waals surface area contributed by atoms with Gasteiger partial charge in [-0.25, -0.2) is 0 Å². The number of nitrogens with zero attached hydrogens (tertiary/aromatic N) is 1. The van der Waals surface area contributed by atoms with E-state index in [-0.39, 0.29) is 29.9 Å². The van der Waals surface area contributed by atoms with Crippen molar-refractivity contribution in [3.8, 4) is 0 Å². The van der Waals surface area contributed by atoms with E-state index in [1.807, 2.05) is 14.1 Å². The summed E-state index contributed by atoms with van der Waals surface area (Å²) in [6, 6.07) is 0. The van der Waals surface area contributed by atoms with Gasteiger partial charge >= 0.3 is 11.9 Å². The normalized spacial score (nSPS) is 13.7. The van der Waals surface area contributed by atoms with Crippen LogP contribution in [-0.2, 0) is 23.8 Å². The van der Waals surface area contributed by atoms with Crippen LogP contribution in [0.25, 0.3) is 0 Å². The predicted molar refractivity (Wildman–Crippen MR) is 177 cm³/mol. The second-order valence-corrected chi connectivity index (χ2v) is 12.8. The maximum absolute atomic E-state index is 12.6. The lowest BCUT2D eigenvalue weighted by molar-refractivity contribution is -0.154. The molecule has 0 rings (SSSR count). The molecule has 250 valence electrons. The molecule has 0 heterocycles. The number of carbonyl (C=O) groups excluding carboxylic acids is 2. The predicted octanol–water partition coefficient (Wildman–Crippen LogP) is 9.52. The molecule has 42 heavy (non-hydrogen) atoms. The lowest BCUT2D eigenvalue weighted by Gasteiger charge is -2.31. The Labute approximate surface area is 261 Å². The summed E-state index contributed by atoms with van der Waals surface area (Å²) in [5.41, 5.74) is 0. The summed E-state index contributed by atoms with van der Waals surface area (Å²) in [7, 11) is 4.02. The molecule has 2 unspecified atom stereocenters. The maximum Gasteiger partial charge on any atom is 0.306 e. The molecule has 3 atom stereocenters. The number of rotatable bonds is 31. The fourth-order valence-corrected chi connectivity index (χ4v) is 5.68. The highest BCUT2D eigenvalue weighted by Crippen LogP contribution is 2.30. The molecule has 0 aliphatic heterocycles. The molecule has 0 bridgehead atoms. The van der Waals surface area contributed by atoms with Crippen LogP contribution in [0.15, 0.2) is 0 Å². The summed E-state index contributed by atoms with van der Waals surface area (Å²) < 4.78 is 17.3. The van der Waals surface area contributed by atoms with Crippen molar-refractivity contribution in [3.63, 3.8) is 0 Å². The maximum atomic E-state index is 12.6. The molecule has 0 aromatic carbocycles. The molecule has 0 spiro atoms. The first kappa shape index (κ1) is 40.9. The molecule has 0 aliphatic rings. The molecule has 0 saturated carbocycles. The van der Waals surface area contributed by atoms with E-state index < -0.39 is 0 Å². The van der Waals surface area contributed by atoms with Crippen LogP contribution in [0.2, 0.25) is 0 Å². The van der Waals surface area contributed by atoms with Crippen LogP contribution in [0.1, 0.15) is 163 Å². The van der Waals surface area contributed by atoms with Gasteiger partial charge in [0, 0.05) is 32.5 Å². The number of hydrogen-bond acceptors (Lipinski definition) is 6. The fraction of sp³-hybridized carbons (Fsp3) is 0.944. The van der Waals surface area contributed by atoms with Crippen molar-refractivity contribution in [3.05, 3.63) is 0 Å². The average Bonchev–Trinajstić information content (AvgIpc) is 2.95. The third-order valence-electron chi connectivity index (χ3n) is 8.35. The summed E-state index contributed by atoms with van der Waals surface area (Å²) in [4.78, 5) is 27.2. The van der Waals surface area contributed by atoms with Gasteiger partial charge in [0.2, 0.25) is 0 Å². The van der Waals surface area contributed by atoms with E-state index in [1.54, 1.807) is 0 Å². The molecule has 0 radical (unpaired) electrons. The van der Waals surface area contributed by atoms with Gasteiger partial charge in [-0.2, -0.15) is 0 Å². The van der Waals surface area contributed by atoms with Gasteiger partial charge in [0.25, 0.3) is 0 Å². The van der Waals surface area contributed by atoms with Crippen molar-refractivity contribution in [2.75, 3.05) is 40.5 Å². The number of ether oxygens (including phenoxy) is 3. The Balaban J connectivity index is 4.09. The zero-order chi connectivity index (χ0) is 31.3. The number of hydrogen-bond donors (Lipinski definition) is 0. The first-order valence-corrected chi connectivity index (χ1v) is 17.9. The van der Waals surface area contributed by atoms with E-state index in [0.717, 1.165) is 64.5 Å². The van der Waals surface area contributed by atoms with Crippen LogP contribution in [-0.4, -0.2) is 63.4 Å². The van der Waals surface area contributed by atoms with Crippen molar-refractivity contribution in [1.82, 2.24) is 4.90 Å². The van der Waals surface area contributed by atoms with Crippen LogP contribution in [0.4, 0.5) is 0 Å². The van der Waals surface area contributed by atoms with E-state index in [2.05, 4.69) is 32.6 Å². The molecule has 0 aromatic heterocycles. The van der Waals surface area contributed by atoms with Gasteiger partial charge in [-0.05, 0) is 58.2 Å². The van der Waals surface area contributed by atoms with Crippen molar-refractivity contribution >= 4 is 11.9 Å². The highest BCUT2D eigenvalue weighted by Gasteiger charge is 2.30. The Morgan fingerprint density at radius 2 is 1.19 bits per heavy atom. The number of unbranched alkanes of at least 4 members (excludes halogenated alkanes) is 13. The summed E-state index contributed by atoms with van der Waals surface area (Å²) in [5.74, 6) is 0.000266. The van der Waals surface area contributed by atoms with Gasteiger partial charge in [0.15, 0.2) is 0 Å². The van der Waals surface area contributed by atoms with Crippen LogP contribution in [0.3, 0.4) is 0 Å². The van der Waals surface area contributed by atoms with Crippen LogP contribution in [0, 0.1) is 11.8 Å². The molecule has 0 aliphatic carbocycles. The van der Waals surface area contributed by atoms with Crippen molar-refractivity contribution < 1.29 is 23.8 Å². The van der Waals surface area contributed by atoms with Gasteiger partial charge in [-0.15, -0.1) is 0 Å². The molecular weight excluding hydrogens is 526 g/mol. The lowest BCUT2D eigenvalue weighted by atomic mass is 9.81. The summed E-state index contributed by atoms with van der Waals surface area (Å²) in [6.07, 6.45) is 23.5. The lowest BCUT2D eigenvalue weighted by Crippen LogP contribution is -2.32. The van der Waals surface area contributed by atoms with Crippen molar-refractivity contribution in [1.29, 1.82) is 0 Å². The van der Waals surface area contributed by atoms with Gasteiger partial charge < -0.3 is 19.1 Å². The molecule has 0 amide bonds. The van der Waals surface area contributed by atoms with Crippen LogP contribution >= 0.6 is 0 Å². The Morgan fingerprint density at radius 1 is 0.643 bits per heavy atom. The Kier molecular flexibility index (Phi) is 29.1. The summed E-state index contributed by atoms with van der Waals surface area (Å²) >= 11 is 0. The van der Waals surface area contributed by atoms with Gasteiger partial charge in [0.05, 0.1) is 6.61 Å². The van der Waals surface area contributed by atoms with Gasteiger partial charge in [-0.1, -0.05) is 118 Å². The highest BCUT2D eigenvalue weighted by atomic mass is 16.5. The smallest absolute Gasteiger partial charge is 0.306 e. The van der Waals surface area contributed by atoms with E-state index in [9.17, 15) is 9.59 Å². The van der Waals surface area contributed by atoms with E-state index >= 15 is 0 Å². The first-order chi connectivity index (χ1) is 20.3. The molecule has 6 heteroatoms. The molecule has 0 fully saturated rings. The molecule has 0 saturated heterocycles. The SMILES string of the molecule is CCCCCCCCCCCCCCOCCCOC(=O)CC(C)C(CCCCC)[C@@H](CC)OC(=O)CCCN(C)C. The minimum Gasteiger partial charge on any atom is -0.466 e. The number of carbonyl (C=O) groups is 2. The van der Waals surface area contributed by atoms with Crippen molar-refractivity contribution in [2.24, 2.45) is 11.8 Å². The monoisotopic (exact) mass is 598 g/mol. The number of esters is 2. The van der Waals surface area contributed by atoms with Crippen LogP contribution < -0.4 is 0 Å². The molecule has 0 aromatic rings. The zero-order valence-electron chi connectivity index (χ0n) is 28.9. The van der Waals surface area contributed by atoms with Gasteiger partial charge in [0.1, 0.15) is 6.10 Å². The quantitative estimate of drug-likeness (QED) is 0.0586. The topological polar surface area (TPSA) is 65.1 Å². The summed E-state index contributed by atoms with van der Waals surface area (Å²) in [6.45, 7) is 11.4. The second kappa shape index (κ2) is 29.9. The van der Waals surface area contributed by atoms with Crippen LogP contribution in [0.5, 0.6) is 0 Å². The Hall–Kier alpha value is -1.14. The first-order valence-electron chi connectivity index (χ1n) is 17.9. The third kappa shape index (κ3) is 25.4. The molecule has 0 N–H and O–H groups in total. The zero-order valence-corrected chi connectivity index (χ0v) is 28.9.